The summed E-state index contributed by atoms with van der Waals surface area (Å²) >= 11 is 6.08. The van der Waals surface area contributed by atoms with Crippen LogP contribution in [0, 0.1) is 0 Å². The van der Waals surface area contributed by atoms with Crippen LogP contribution in [0.3, 0.4) is 0 Å². The van der Waals surface area contributed by atoms with Gasteiger partial charge in [-0.3, -0.25) is 19.4 Å². The number of aromatic nitrogens is 2. The molecule has 4 N–H and O–H groups in total. The predicted molar refractivity (Wildman–Crippen MR) is 111 cm³/mol. The molecule has 0 fully saturated rings. The van der Waals surface area contributed by atoms with Gasteiger partial charge < -0.3 is 16.0 Å². The lowest BCUT2D eigenvalue weighted by Gasteiger charge is -2.23. The number of anilines is 4. The lowest BCUT2D eigenvalue weighted by molar-refractivity contribution is -0.123. The number of hydrogen-bond acceptors (Lipinski definition) is 5. The average molecular weight is 410 g/mol. The number of benzene rings is 2. The maximum atomic E-state index is 12.8. The Balaban J connectivity index is 1.66. The molecule has 0 bridgehead atoms. The van der Waals surface area contributed by atoms with E-state index < -0.39 is 23.3 Å². The maximum Gasteiger partial charge on any atom is 0.258 e. The highest BCUT2D eigenvalue weighted by molar-refractivity contribution is 6.33. The van der Waals surface area contributed by atoms with Crippen LogP contribution in [0.25, 0.3) is 0 Å². The summed E-state index contributed by atoms with van der Waals surface area (Å²) in [6, 6.07) is 15.8. The Hall–Kier alpha value is -3.65. The Morgan fingerprint density at radius 2 is 1.79 bits per heavy atom. The molecule has 1 atom stereocenters. The number of hydrogen-bond donors (Lipinski definition) is 4. The Labute approximate surface area is 170 Å². The number of H-pyrrole nitrogens is 1. The van der Waals surface area contributed by atoms with Crippen molar-refractivity contribution in [3.63, 3.8) is 0 Å². The number of carbonyl (C=O) groups is 2. The number of rotatable bonds is 4. The Bertz CT molecular complexity index is 1150. The predicted octanol–water partition coefficient (Wildman–Crippen LogP) is 3.23. The van der Waals surface area contributed by atoms with Crippen LogP contribution in [0.5, 0.6) is 0 Å². The van der Waals surface area contributed by atoms with Crippen LogP contribution in [0.1, 0.15) is 17.9 Å². The van der Waals surface area contributed by atoms with E-state index in [9.17, 15) is 14.4 Å². The zero-order valence-corrected chi connectivity index (χ0v) is 15.8. The molecule has 29 heavy (non-hydrogen) atoms. The van der Waals surface area contributed by atoms with Gasteiger partial charge in [-0.05, 0) is 24.3 Å². The molecule has 1 aliphatic heterocycles. The molecule has 0 unspecified atom stereocenters. The SMILES string of the molecule is O=C1C[C@H](C(=O)Nc2ccccc2Cl)c2c(nc(Nc3ccccc3)[nH]c2=O)N1. The third-order valence-electron chi connectivity index (χ3n) is 4.44. The fourth-order valence-electron chi connectivity index (χ4n) is 3.10. The lowest BCUT2D eigenvalue weighted by atomic mass is 9.92. The summed E-state index contributed by atoms with van der Waals surface area (Å²) in [6.45, 7) is 0. The molecule has 8 nitrogen and oxygen atoms in total. The average Bonchev–Trinajstić information content (AvgIpc) is 2.69. The van der Waals surface area contributed by atoms with Crippen LogP contribution in [-0.4, -0.2) is 21.8 Å². The zero-order chi connectivity index (χ0) is 20.4. The number of carbonyl (C=O) groups excluding carboxylic acids is 2. The number of amides is 2. The van der Waals surface area contributed by atoms with Crippen molar-refractivity contribution in [1.82, 2.24) is 9.97 Å². The lowest BCUT2D eigenvalue weighted by Crippen LogP contribution is -2.36. The minimum Gasteiger partial charge on any atom is -0.326 e. The Morgan fingerprint density at radius 1 is 1.07 bits per heavy atom. The molecule has 0 spiro atoms. The fourth-order valence-corrected chi connectivity index (χ4v) is 3.28. The summed E-state index contributed by atoms with van der Waals surface area (Å²) in [4.78, 5) is 44.6. The highest BCUT2D eigenvalue weighted by Crippen LogP contribution is 2.31. The Morgan fingerprint density at radius 3 is 2.55 bits per heavy atom. The monoisotopic (exact) mass is 409 g/mol. The van der Waals surface area contributed by atoms with Crippen molar-refractivity contribution < 1.29 is 9.59 Å². The van der Waals surface area contributed by atoms with Crippen LogP contribution in [-0.2, 0) is 9.59 Å². The standard InChI is InChI=1S/C20H16ClN5O3/c21-13-8-4-5-9-14(13)23-18(28)12-10-15(27)24-17-16(12)19(29)26-20(25-17)22-11-6-2-1-3-7-11/h1-9,12H,10H2,(H,23,28)(H3,22,24,25,26,27,29)/t12-/m0/s1. The van der Waals surface area contributed by atoms with E-state index in [2.05, 4.69) is 25.9 Å². The molecular formula is C20H16ClN5O3. The van der Waals surface area contributed by atoms with Gasteiger partial charge in [0.25, 0.3) is 5.56 Å². The summed E-state index contributed by atoms with van der Waals surface area (Å²) in [5.41, 5.74) is 0.713. The number of halogens is 1. The van der Waals surface area contributed by atoms with Crippen LogP contribution in [0.2, 0.25) is 5.02 Å². The minimum absolute atomic E-state index is 0.0581. The van der Waals surface area contributed by atoms with Gasteiger partial charge in [0.05, 0.1) is 22.2 Å². The van der Waals surface area contributed by atoms with E-state index in [1.807, 2.05) is 18.2 Å². The first kappa shape index (κ1) is 18.7. The number of para-hydroxylation sites is 2. The highest BCUT2D eigenvalue weighted by atomic mass is 35.5. The summed E-state index contributed by atoms with van der Waals surface area (Å²) in [5.74, 6) is -1.68. The summed E-state index contributed by atoms with van der Waals surface area (Å²) < 4.78 is 0. The second kappa shape index (κ2) is 7.76. The molecule has 0 saturated heterocycles. The van der Waals surface area contributed by atoms with E-state index >= 15 is 0 Å². The smallest absolute Gasteiger partial charge is 0.258 e. The van der Waals surface area contributed by atoms with Gasteiger partial charge in [-0.15, -0.1) is 0 Å². The zero-order valence-electron chi connectivity index (χ0n) is 15.0. The second-order valence-corrected chi connectivity index (χ2v) is 6.85. The molecule has 1 aliphatic rings. The van der Waals surface area contributed by atoms with Crippen LogP contribution >= 0.6 is 11.6 Å². The molecular weight excluding hydrogens is 394 g/mol. The van der Waals surface area contributed by atoms with Crippen molar-refractivity contribution in [2.45, 2.75) is 12.3 Å². The molecule has 2 aromatic carbocycles. The van der Waals surface area contributed by atoms with E-state index in [-0.39, 0.29) is 23.8 Å². The highest BCUT2D eigenvalue weighted by Gasteiger charge is 2.35. The van der Waals surface area contributed by atoms with Crippen molar-refractivity contribution in [2.24, 2.45) is 0 Å². The molecule has 0 radical (unpaired) electrons. The summed E-state index contributed by atoms with van der Waals surface area (Å²) in [7, 11) is 0. The van der Waals surface area contributed by atoms with Gasteiger partial charge in [-0.25, -0.2) is 0 Å². The fraction of sp³-hybridized carbons (Fsp3) is 0.100. The first-order valence-corrected chi connectivity index (χ1v) is 9.20. The number of aromatic amines is 1. The molecule has 2 amide bonds. The number of nitrogens with one attached hydrogen (secondary N) is 4. The van der Waals surface area contributed by atoms with E-state index in [1.54, 1.807) is 36.4 Å². The number of fused-ring (bicyclic) bond motifs is 1. The third-order valence-corrected chi connectivity index (χ3v) is 4.77. The molecule has 9 heteroatoms. The Kier molecular flexibility index (Phi) is 5.01. The van der Waals surface area contributed by atoms with Gasteiger partial charge in [-0.1, -0.05) is 41.9 Å². The van der Waals surface area contributed by atoms with Crippen molar-refractivity contribution in [3.8, 4) is 0 Å². The van der Waals surface area contributed by atoms with E-state index in [1.165, 1.54) is 0 Å². The first-order chi connectivity index (χ1) is 14.0. The van der Waals surface area contributed by atoms with E-state index in [0.717, 1.165) is 0 Å². The number of nitrogens with zero attached hydrogens (tertiary/aromatic N) is 1. The van der Waals surface area contributed by atoms with Gasteiger partial charge in [0.15, 0.2) is 0 Å². The molecule has 0 aliphatic carbocycles. The van der Waals surface area contributed by atoms with Crippen molar-refractivity contribution in [1.29, 1.82) is 0 Å². The molecule has 1 aromatic heterocycles. The van der Waals surface area contributed by atoms with Gasteiger partial charge in [0.1, 0.15) is 5.82 Å². The second-order valence-electron chi connectivity index (χ2n) is 6.44. The quantitative estimate of drug-likeness (QED) is 0.528. The van der Waals surface area contributed by atoms with Gasteiger partial charge in [-0.2, -0.15) is 4.98 Å². The van der Waals surface area contributed by atoms with E-state index in [4.69, 9.17) is 11.6 Å². The summed E-state index contributed by atoms with van der Waals surface area (Å²) in [5, 5.41) is 8.57. The third kappa shape index (κ3) is 3.97. The van der Waals surface area contributed by atoms with Crippen LogP contribution in [0.15, 0.2) is 59.4 Å². The molecule has 4 rings (SSSR count). The first-order valence-electron chi connectivity index (χ1n) is 8.83. The minimum atomic E-state index is -0.989. The maximum absolute atomic E-state index is 12.8. The molecule has 0 saturated carbocycles. The van der Waals surface area contributed by atoms with Gasteiger partial charge in [0, 0.05) is 12.1 Å². The summed E-state index contributed by atoms with van der Waals surface area (Å²) in [6.07, 6.45) is -0.167. The molecule has 2 heterocycles. The van der Waals surface area contributed by atoms with Crippen LogP contribution in [0.4, 0.5) is 23.1 Å². The van der Waals surface area contributed by atoms with E-state index in [0.29, 0.717) is 16.4 Å². The van der Waals surface area contributed by atoms with Gasteiger partial charge in [0.2, 0.25) is 17.8 Å². The van der Waals surface area contributed by atoms with Crippen molar-refractivity contribution in [2.75, 3.05) is 16.0 Å². The van der Waals surface area contributed by atoms with Crippen LogP contribution < -0.4 is 21.5 Å². The normalized spacial score (nSPS) is 15.2. The van der Waals surface area contributed by atoms with Crippen molar-refractivity contribution >= 4 is 46.6 Å². The van der Waals surface area contributed by atoms with Gasteiger partial charge >= 0.3 is 0 Å². The molecule has 3 aromatic rings. The largest absolute Gasteiger partial charge is 0.326 e. The van der Waals surface area contributed by atoms with Crippen molar-refractivity contribution in [3.05, 3.63) is 75.5 Å². The topological polar surface area (TPSA) is 116 Å². The molecule has 146 valence electrons.